The third-order valence-electron chi connectivity index (χ3n) is 3.92. The molecule has 0 atom stereocenters. The molecule has 0 saturated heterocycles. The van der Waals surface area contributed by atoms with E-state index >= 15 is 0 Å². The number of aliphatic imine (C=N–C) groups is 1. The summed E-state index contributed by atoms with van der Waals surface area (Å²) < 4.78 is 0. The van der Waals surface area contributed by atoms with Gasteiger partial charge in [0.2, 0.25) is 0 Å². The summed E-state index contributed by atoms with van der Waals surface area (Å²) in [7, 11) is 0. The van der Waals surface area contributed by atoms with E-state index in [1.807, 2.05) is 4.90 Å². The van der Waals surface area contributed by atoms with Gasteiger partial charge >= 0.3 is 6.03 Å². The monoisotopic (exact) mass is 237 g/mol. The maximum Gasteiger partial charge on any atom is 0.346 e. The quantitative estimate of drug-likeness (QED) is 0.802. The number of hydrogen-bond acceptors (Lipinski definition) is 2. The van der Waals surface area contributed by atoms with Crippen LogP contribution in [0.5, 0.6) is 0 Å². The van der Waals surface area contributed by atoms with Crippen LogP contribution >= 0.6 is 0 Å². The fraction of sp³-hybridized carbons (Fsp3) is 0.846. The number of amides is 2. The van der Waals surface area contributed by atoms with Gasteiger partial charge in [-0.2, -0.15) is 4.99 Å². The van der Waals surface area contributed by atoms with E-state index in [9.17, 15) is 4.79 Å². The van der Waals surface area contributed by atoms with Crippen molar-refractivity contribution in [2.45, 2.75) is 57.9 Å². The molecular weight excluding hydrogens is 214 g/mol. The van der Waals surface area contributed by atoms with Crippen LogP contribution in [0.1, 0.15) is 52.4 Å². The first-order chi connectivity index (χ1) is 8.06. The molecule has 0 aromatic heterocycles. The van der Waals surface area contributed by atoms with Crippen LogP contribution in [0.15, 0.2) is 4.99 Å². The number of nitrogens with two attached hydrogens (primary N) is 1. The molecule has 4 nitrogen and oxygen atoms in total. The predicted molar refractivity (Wildman–Crippen MR) is 69.0 cm³/mol. The number of nitrogens with zero attached hydrogens (tertiary/aromatic N) is 2. The van der Waals surface area contributed by atoms with Crippen LogP contribution < -0.4 is 5.73 Å². The smallest absolute Gasteiger partial charge is 0.346 e. The Morgan fingerprint density at radius 1 is 1.29 bits per heavy atom. The third-order valence-corrected chi connectivity index (χ3v) is 3.92. The molecule has 0 bridgehead atoms. The van der Waals surface area contributed by atoms with Crippen LogP contribution in [0, 0.1) is 5.92 Å². The largest absolute Gasteiger partial charge is 0.385 e. The number of urea groups is 1. The Bertz CT molecular complexity index is 328. The zero-order valence-electron chi connectivity index (χ0n) is 10.9. The van der Waals surface area contributed by atoms with Gasteiger partial charge in [0.25, 0.3) is 0 Å². The Morgan fingerprint density at radius 2 is 1.88 bits per heavy atom. The van der Waals surface area contributed by atoms with E-state index in [0.29, 0.717) is 11.8 Å². The summed E-state index contributed by atoms with van der Waals surface area (Å²) in [5.74, 6) is 1.02. The van der Waals surface area contributed by atoms with Crippen LogP contribution in [0.4, 0.5) is 4.79 Å². The number of amidine groups is 1. The lowest BCUT2D eigenvalue weighted by molar-refractivity contribution is 0.149. The van der Waals surface area contributed by atoms with Gasteiger partial charge in [0.15, 0.2) is 0 Å². The molecule has 2 amide bonds. The number of carbonyl (C=O) groups excluding carboxylic acids is 1. The maximum absolute atomic E-state index is 12.0. The normalized spacial score (nSPS) is 24.3. The molecule has 96 valence electrons. The minimum Gasteiger partial charge on any atom is -0.385 e. The van der Waals surface area contributed by atoms with Gasteiger partial charge in [-0.1, -0.05) is 39.5 Å². The van der Waals surface area contributed by atoms with Gasteiger partial charge in [-0.3, -0.25) is 0 Å². The van der Waals surface area contributed by atoms with Crippen molar-refractivity contribution in [1.82, 2.24) is 4.90 Å². The van der Waals surface area contributed by atoms with Crippen LogP contribution in [0.25, 0.3) is 0 Å². The summed E-state index contributed by atoms with van der Waals surface area (Å²) in [5, 5.41) is 0. The molecule has 1 fully saturated rings. The van der Waals surface area contributed by atoms with Gasteiger partial charge in [0.05, 0.1) is 0 Å². The van der Waals surface area contributed by atoms with E-state index in [-0.39, 0.29) is 11.6 Å². The minimum atomic E-state index is -0.252. The number of carbonyl (C=O) groups is 1. The fourth-order valence-corrected chi connectivity index (χ4v) is 3.05. The molecular formula is C13H23N3O. The molecule has 1 aliphatic carbocycles. The third kappa shape index (κ3) is 2.17. The van der Waals surface area contributed by atoms with E-state index in [1.165, 1.54) is 12.8 Å². The maximum atomic E-state index is 12.0. The second kappa shape index (κ2) is 4.67. The molecule has 0 aromatic rings. The van der Waals surface area contributed by atoms with E-state index in [1.54, 1.807) is 0 Å². The van der Waals surface area contributed by atoms with Crippen molar-refractivity contribution in [2.75, 3.05) is 6.54 Å². The minimum absolute atomic E-state index is 0.127. The molecule has 0 radical (unpaired) electrons. The Kier molecular flexibility index (Phi) is 3.40. The van der Waals surface area contributed by atoms with Gasteiger partial charge < -0.3 is 10.6 Å². The molecule has 1 aliphatic heterocycles. The molecule has 2 N–H and O–H groups in total. The van der Waals surface area contributed by atoms with E-state index in [4.69, 9.17) is 5.73 Å². The SMILES string of the molecule is CC(C)CN1C(=O)N=C(N)C12CCCCCC2. The van der Waals surface area contributed by atoms with Crippen molar-refractivity contribution in [1.29, 1.82) is 0 Å². The Balaban J connectivity index is 2.26. The molecule has 1 heterocycles. The molecule has 4 heteroatoms. The summed E-state index contributed by atoms with van der Waals surface area (Å²) >= 11 is 0. The molecule has 1 spiro atoms. The van der Waals surface area contributed by atoms with E-state index < -0.39 is 0 Å². The molecule has 2 rings (SSSR count). The summed E-state index contributed by atoms with van der Waals surface area (Å²) in [6.07, 6.45) is 6.77. The Labute approximate surface area is 103 Å². The molecule has 0 aromatic carbocycles. The summed E-state index contributed by atoms with van der Waals surface area (Å²) in [4.78, 5) is 17.9. The highest BCUT2D eigenvalue weighted by Crippen LogP contribution is 2.37. The molecule has 1 saturated carbocycles. The van der Waals surface area contributed by atoms with Crippen LogP contribution in [-0.4, -0.2) is 28.9 Å². The lowest BCUT2D eigenvalue weighted by Gasteiger charge is -2.38. The Hall–Kier alpha value is -1.06. The van der Waals surface area contributed by atoms with Gasteiger partial charge in [-0.05, 0) is 18.8 Å². The topological polar surface area (TPSA) is 58.7 Å². The summed E-state index contributed by atoms with van der Waals surface area (Å²) in [5.41, 5.74) is 5.81. The lowest BCUT2D eigenvalue weighted by atomic mass is 9.87. The van der Waals surface area contributed by atoms with Crippen molar-refractivity contribution in [3.05, 3.63) is 0 Å². The van der Waals surface area contributed by atoms with Crippen molar-refractivity contribution < 1.29 is 4.79 Å². The molecule has 17 heavy (non-hydrogen) atoms. The predicted octanol–water partition coefficient (Wildman–Crippen LogP) is 2.53. The summed E-state index contributed by atoms with van der Waals surface area (Å²) in [6.45, 7) is 5.03. The van der Waals surface area contributed by atoms with Crippen molar-refractivity contribution in [3.8, 4) is 0 Å². The second-order valence-corrected chi connectivity index (χ2v) is 5.73. The van der Waals surface area contributed by atoms with Crippen LogP contribution in [0.2, 0.25) is 0 Å². The zero-order chi connectivity index (χ0) is 12.5. The zero-order valence-corrected chi connectivity index (χ0v) is 10.9. The van der Waals surface area contributed by atoms with Crippen molar-refractivity contribution >= 4 is 11.9 Å². The van der Waals surface area contributed by atoms with E-state index in [0.717, 1.165) is 32.2 Å². The van der Waals surface area contributed by atoms with Crippen LogP contribution in [-0.2, 0) is 0 Å². The average Bonchev–Trinajstić information content (AvgIpc) is 2.48. The van der Waals surface area contributed by atoms with Crippen molar-refractivity contribution in [2.24, 2.45) is 16.6 Å². The van der Waals surface area contributed by atoms with Gasteiger partial charge in [-0.15, -0.1) is 0 Å². The first kappa shape index (κ1) is 12.4. The number of rotatable bonds is 2. The average molecular weight is 237 g/mol. The van der Waals surface area contributed by atoms with Gasteiger partial charge in [-0.25, -0.2) is 4.79 Å². The second-order valence-electron chi connectivity index (χ2n) is 5.73. The standard InChI is InChI=1S/C13H23N3O/c1-10(2)9-16-12(17)15-11(14)13(16)7-5-3-4-6-8-13/h10H,3-9H2,1-2H3,(H2,14,15,17). The van der Waals surface area contributed by atoms with Gasteiger partial charge in [0, 0.05) is 6.54 Å². The first-order valence-corrected chi connectivity index (χ1v) is 6.72. The summed E-state index contributed by atoms with van der Waals surface area (Å²) in [6, 6.07) is -0.127. The highest BCUT2D eigenvalue weighted by atomic mass is 16.2. The van der Waals surface area contributed by atoms with E-state index in [2.05, 4.69) is 18.8 Å². The van der Waals surface area contributed by atoms with Crippen molar-refractivity contribution in [3.63, 3.8) is 0 Å². The highest BCUT2D eigenvalue weighted by molar-refractivity contribution is 6.05. The molecule has 0 unspecified atom stereocenters. The first-order valence-electron chi connectivity index (χ1n) is 6.72. The van der Waals surface area contributed by atoms with Gasteiger partial charge in [0.1, 0.15) is 11.4 Å². The number of hydrogen-bond donors (Lipinski definition) is 1. The Morgan fingerprint density at radius 3 is 2.41 bits per heavy atom. The lowest BCUT2D eigenvalue weighted by Crippen LogP contribution is -2.54. The highest BCUT2D eigenvalue weighted by Gasteiger charge is 2.47. The molecule has 2 aliphatic rings. The van der Waals surface area contributed by atoms with Crippen LogP contribution in [0.3, 0.4) is 0 Å². The fourth-order valence-electron chi connectivity index (χ4n) is 3.05.